The molecule has 1 aromatic heterocycles. The normalized spacial score (nSPS) is 20.8. The zero-order valence-electron chi connectivity index (χ0n) is 19.0. The smallest absolute Gasteiger partial charge is 0.278 e. The van der Waals surface area contributed by atoms with Crippen LogP contribution in [-0.2, 0) is 0 Å². The van der Waals surface area contributed by atoms with Crippen molar-refractivity contribution in [1.82, 2.24) is 24.5 Å². The molecule has 3 heterocycles. The number of hydrogen-bond acceptors (Lipinski definition) is 5. The van der Waals surface area contributed by atoms with E-state index in [9.17, 15) is 4.79 Å². The van der Waals surface area contributed by atoms with Gasteiger partial charge in [-0.25, -0.2) is 4.68 Å². The first-order valence-corrected chi connectivity index (χ1v) is 11.5. The molecule has 2 fully saturated rings. The highest BCUT2D eigenvalue weighted by atomic mass is 16.5. The van der Waals surface area contributed by atoms with Gasteiger partial charge >= 0.3 is 0 Å². The SMILES string of the molecule is CCCOc1cn(-c2ccccc2)nc1C(=O)N(C)C1CCN(C2CCN(C)CC2)C1. The minimum absolute atomic E-state index is 0.0592. The fraction of sp³-hybridized carbons (Fsp3) is 0.583. The lowest BCUT2D eigenvalue weighted by atomic mass is 10.0. The van der Waals surface area contributed by atoms with E-state index >= 15 is 0 Å². The van der Waals surface area contributed by atoms with Gasteiger partial charge in [-0.2, -0.15) is 5.10 Å². The molecule has 1 unspecified atom stereocenters. The molecule has 7 nitrogen and oxygen atoms in total. The lowest BCUT2D eigenvalue weighted by Crippen LogP contribution is -2.45. The van der Waals surface area contributed by atoms with Gasteiger partial charge in [-0.15, -0.1) is 0 Å². The van der Waals surface area contributed by atoms with E-state index in [1.165, 1.54) is 12.8 Å². The fourth-order valence-corrected chi connectivity index (χ4v) is 4.65. The van der Waals surface area contributed by atoms with Gasteiger partial charge in [0.05, 0.1) is 18.5 Å². The van der Waals surface area contributed by atoms with Crippen molar-refractivity contribution in [2.75, 3.05) is 46.9 Å². The largest absolute Gasteiger partial charge is 0.489 e. The molecule has 1 aromatic carbocycles. The molecule has 0 aliphatic carbocycles. The van der Waals surface area contributed by atoms with E-state index in [-0.39, 0.29) is 11.9 Å². The van der Waals surface area contributed by atoms with E-state index in [1.807, 2.05) is 48.5 Å². The third-order valence-corrected chi connectivity index (χ3v) is 6.63. The topological polar surface area (TPSA) is 53.8 Å². The van der Waals surface area contributed by atoms with Crippen molar-refractivity contribution in [3.05, 3.63) is 42.2 Å². The summed E-state index contributed by atoms with van der Waals surface area (Å²) in [6.45, 7) is 6.96. The number of para-hydroxylation sites is 1. The molecule has 0 saturated carbocycles. The van der Waals surface area contributed by atoms with Crippen molar-refractivity contribution in [2.24, 2.45) is 0 Å². The molecule has 168 valence electrons. The third-order valence-electron chi connectivity index (χ3n) is 6.63. The molecule has 0 radical (unpaired) electrons. The summed E-state index contributed by atoms with van der Waals surface area (Å²) in [5, 5.41) is 4.62. The van der Waals surface area contributed by atoms with Crippen molar-refractivity contribution in [3.63, 3.8) is 0 Å². The second-order valence-electron chi connectivity index (χ2n) is 8.86. The van der Waals surface area contributed by atoms with Crippen LogP contribution < -0.4 is 4.74 Å². The minimum Gasteiger partial charge on any atom is -0.489 e. The Labute approximate surface area is 185 Å². The highest BCUT2D eigenvalue weighted by molar-refractivity contribution is 5.95. The molecule has 2 aliphatic rings. The molecule has 1 amide bonds. The van der Waals surface area contributed by atoms with Gasteiger partial charge in [0.15, 0.2) is 11.4 Å². The summed E-state index contributed by atoms with van der Waals surface area (Å²) in [4.78, 5) is 20.3. The summed E-state index contributed by atoms with van der Waals surface area (Å²) >= 11 is 0. The Hall–Kier alpha value is -2.38. The van der Waals surface area contributed by atoms with Crippen molar-refractivity contribution in [3.8, 4) is 11.4 Å². The Morgan fingerprint density at radius 3 is 2.61 bits per heavy atom. The predicted octanol–water partition coefficient (Wildman–Crippen LogP) is 2.90. The summed E-state index contributed by atoms with van der Waals surface area (Å²) in [5.41, 5.74) is 1.32. The van der Waals surface area contributed by atoms with Crippen LogP contribution in [0, 0.1) is 0 Å². The second kappa shape index (κ2) is 9.83. The van der Waals surface area contributed by atoms with Crippen LogP contribution >= 0.6 is 0 Å². The molecule has 4 rings (SSSR count). The van der Waals surface area contributed by atoms with Crippen LogP contribution in [0.5, 0.6) is 5.75 Å². The molecule has 2 aliphatic heterocycles. The molecule has 2 aromatic rings. The monoisotopic (exact) mass is 425 g/mol. The summed E-state index contributed by atoms with van der Waals surface area (Å²) in [5.74, 6) is 0.503. The van der Waals surface area contributed by atoms with Gasteiger partial charge < -0.3 is 14.5 Å². The van der Waals surface area contributed by atoms with Crippen molar-refractivity contribution in [1.29, 1.82) is 0 Å². The van der Waals surface area contributed by atoms with Crippen molar-refractivity contribution in [2.45, 2.75) is 44.7 Å². The highest BCUT2D eigenvalue weighted by Crippen LogP contribution is 2.26. The van der Waals surface area contributed by atoms with Gasteiger partial charge in [0.2, 0.25) is 0 Å². The number of likely N-dealkylation sites (tertiary alicyclic amines) is 2. The molecule has 2 saturated heterocycles. The number of carbonyl (C=O) groups excluding carboxylic acids is 1. The van der Waals surface area contributed by atoms with Gasteiger partial charge in [0, 0.05) is 32.2 Å². The highest BCUT2D eigenvalue weighted by Gasteiger charge is 2.35. The number of piperidine rings is 1. The van der Waals surface area contributed by atoms with Crippen LogP contribution in [0.4, 0.5) is 0 Å². The predicted molar refractivity (Wildman–Crippen MR) is 122 cm³/mol. The van der Waals surface area contributed by atoms with Crippen LogP contribution in [0.25, 0.3) is 5.69 Å². The molecular formula is C24H35N5O2. The maximum absolute atomic E-state index is 13.4. The summed E-state index contributed by atoms with van der Waals surface area (Å²) < 4.78 is 7.64. The van der Waals surface area contributed by atoms with Crippen LogP contribution in [0.2, 0.25) is 0 Å². The molecule has 0 spiro atoms. The van der Waals surface area contributed by atoms with E-state index in [0.717, 1.165) is 44.7 Å². The van der Waals surface area contributed by atoms with E-state index < -0.39 is 0 Å². The van der Waals surface area contributed by atoms with E-state index in [2.05, 4.69) is 28.9 Å². The molecule has 0 N–H and O–H groups in total. The molecular weight excluding hydrogens is 390 g/mol. The van der Waals surface area contributed by atoms with E-state index in [0.29, 0.717) is 24.1 Å². The lowest BCUT2D eigenvalue weighted by Gasteiger charge is -2.35. The molecule has 1 atom stereocenters. The van der Waals surface area contributed by atoms with Crippen LogP contribution in [-0.4, -0.2) is 89.4 Å². The van der Waals surface area contributed by atoms with E-state index in [4.69, 9.17) is 4.74 Å². The van der Waals surface area contributed by atoms with Gasteiger partial charge in [-0.1, -0.05) is 25.1 Å². The van der Waals surface area contributed by atoms with Crippen molar-refractivity contribution < 1.29 is 9.53 Å². The Kier molecular flexibility index (Phi) is 6.92. The average Bonchev–Trinajstić information content (AvgIpc) is 3.45. The number of ether oxygens (including phenoxy) is 1. The summed E-state index contributed by atoms with van der Waals surface area (Å²) in [7, 11) is 4.11. The van der Waals surface area contributed by atoms with Crippen LogP contribution in [0.15, 0.2) is 36.5 Å². The van der Waals surface area contributed by atoms with Gasteiger partial charge in [0.25, 0.3) is 5.91 Å². The Morgan fingerprint density at radius 1 is 1.16 bits per heavy atom. The number of likely N-dealkylation sites (N-methyl/N-ethyl adjacent to an activating group) is 1. The Bertz CT molecular complexity index is 860. The van der Waals surface area contributed by atoms with Gasteiger partial charge in [-0.05, 0) is 58.0 Å². The number of nitrogens with zero attached hydrogens (tertiary/aromatic N) is 5. The van der Waals surface area contributed by atoms with Gasteiger partial charge in [-0.3, -0.25) is 9.69 Å². The first-order chi connectivity index (χ1) is 15.1. The second-order valence-corrected chi connectivity index (χ2v) is 8.86. The Morgan fingerprint density at radius 2 is 1.90 bits per heavy atom. The lowest BCUT2D eigenvalue weighted by molar-refractivity contribution is 0.0710. The number of carbonyl (C=O) groups is 1. The maximum Gasteiger partial charge on any atom is 0.278 e. The molecule has 31 heavy (non-hydrogen) atoms. The molecule has 7 heteroatoms. The number of amides is 1. The van der Waals surface area contributed by atoms with Gasteiger partial charge in [0.1, 0.15) is 0 Å². The zero-order chi connectivity index (χ0) is 21.8. The third kappa shape index (κ3) is 4.93. The molecule has 0 bridgehead atoms. The maximum atomic E-state index is 13.4. The first-order valence-electron chi connectivity index (χ1n) is 11.5. The number of rotatable bonds is 7. The number of aromatic nitrogens is 2. The van der Waals surface area contributed by atoms with Crippen molar-refractivity contribution >= 4 is 5.91 Å². The first kappa shape index (κ1) is 21.8. The Balaban J connectivity index is 1.47. The average molecular weight is 426 g/mol. The van der Waals surface area contributed by atoms with Crippen LogP contribution in [0.3, 0.4) is 0 Å². The zero-order valence-corrected chi connectivity index (χ0v) is 19.0. The summed E-state index contributed by atoms with van der Waals surface area (Å²) in [6.07, 6.45) is 6.16. The fourth-order valence-electron chi connectivity index (χ4n) is 4.65. The number of hydrogen-bond donors (Lipinski definition) is 0. The summed E-state index contributed by atoms with van der Waals surface area (Å²) in [6, 6.07) is 10.7. The number of benzene rings is 1. The van der Waals surface area contributed by atoms with E-state index in [1.54, 1.807) is 4.68 Å². The minimum atomic E-state index is -0.0592. The quantitative estimate of drug-likeness (QED) is 0.683. The standard InChI is InChI=1S/C24H35N5O2/c1-4-16-31-22-18-29(20-8-6-5-7-9-20)25-23(22)24(30)27(3)21-12-15-28(17-21)19-10-13-26(2)14-11-19/h5-9,18-19,21H,4,10-17H2,1-3H3. The van der Waals surface area contributed by atoms with Crippen LogP contribution in [0.1, 0.15) is 43.1 Å².